The summed E-state index contributed by atoms with van der Waals surface area (Å²) >= 11 is 0. The minimum Gasteiger partial charge on any atom is -0.493 e. The summed E-state index contributed by atoms with van der Waals surface area (Å²) in [5.74, 6) is 1.74. The summed E-state index contributed by atoms with van der Waals surface area (Å²) in [6.45, 7) is 4.27. The van der Waals surface area contributed by atoms with Crippen molar-refractivity contribution < 1.29 is 23.8 Å². The molecule has 1 saturated carbocycles. The molecule has 1 aliphatic carbocycles. The Morgan fingerprint density at radius 3 is 2.29 bits per heavy atom. The number of nitrogens with zero attached hydrogens (tertiary/aromatic N) is 2. The lowest BCUT2D eigenvalue weighted by Crippen LogP contribution is -2.48. The van der Waals surface area contributed by atoms with Crippen molar-refractivity contribution in [2.75, 3.05) is 59.4 Å². The van der Waals surface area contributed by atoms with Crippen LogP contribution in [0.4, 0.5) is 5.69 Å². The molecule has 2 aromatic carbocycles. The summed E-state index contributed by atoms with van der Waals surface area (Å²) in [6, 6.07) is 11.3. The molecule has 0 spiro atoms. The van der Waals surface area contributed by atoms with E-state index < -0.39 is 0 Å². The summed E-state index contributed by atoms with van der Waals surface area (Å²) in [6.07, 6.45) is 2.08. The number of anilines is 1. The summed E-state index contributed by atoms with van der Waals surface area (Å²) in [5.41, 5.74) is 2.23. The van der Waals surface area contributed by atoms with Gasteiger partial charge in [-0.3, -0.25) is 19.4 Å². The third-order valence-corrected chi connectivity index (χ3v) is 6.33. The first kappa shape index (κ1) is 24.8. The standard InChI is InChI=1S/C26H34N4O5/c1-33-22-10-7-19(24(34-2)25(22)35-3)16-29-11-13-30(14-12-29)17-23(31)27-21-6-4-5-18(15-21)26(32)28-20-8-9-20/h4-7,10,15,20H,8-9,11-14,16-17H2,1-3H3,(H,27,31)(H,28,32). The molecule has 2 fully saturated rings. The number of carbonyl (C=O) groups is 2. The van der Waals surface area contributed by atoms with Crippen molar-refractivity contribution in [1.82, 2.24) is 15.1 Å². The predicted molar refractivity (Wildman–Crippen MR) is 133 cm³/mol. The van der Waals surface area contributed by atoms with E-state index in [1.807, 2.05) is 12.1 Å². The highest BCUT2D eigenvalue weighted by Gasteiger charge is 2.24. The molecule has 1 saturated heterocycles. The lowest BCUT2D eigenvalue weighted by Gasteiger charge is -2.34. The van der Waals surface area contributed by atoms with Crippen LogP contribution in [-0.4, -0.2) is 81.7 Å². The molecule has 0 aromatic heterocycles. The van der Waals surface area contributed by atoms with Crippen LogP contribution in [0.15, 0.2) is 36.4 Å². The molecule has 1 aliphatic heterocycles. The first-order valence-corrected chi connectivity index (χ1v) is 11.9. The van der Waals surface area contributed by atoms with E-state index in [-0.39, 0.29) is 11.8 Å². The molecular weight excluding hydrogens is 448 g/mol. The summed E-state index contributed by atoms with van der Waals surface area (Å²) in [7, 11) is 4.84. The number of carbonyl (C=O) groups excluding carboxylic acids is 2. The van der Waals surface area contributed by atoms with E-state index in [2.05, 4.69) is 20.4 Å². The molecule has 0 bridgehead atoms. The van der Waals surface area contributed by atoms with E-state index in [0.717, 1.165) is 51.1 Å². The Morgan fingerprint density at radius 1 is 0.914 bits per heavy atom. The average Bonchev–Trinajstić information content (AvgIpc) is 3.69. The van der Waals surface area contributed by atoms with Gasteiger partial charge in [0.15, 0.2) is 11.5 Å². The lowest BCUT2D eigenvalue weighted by molar-refractivity contribution is -0.117. The van der Waals surface area contributed by atoms with E-state index in [1.165, 1.54) is 0 Å². The van der Waals surface area contributed by atoms with Gasteiger partial charge in [-0.2, -0.15) is 0 Å². The van der Waals surface area contributed by atoms with Gasteiger partial charge in [0.25, 0.3) is 5.91 Å². The van der Waals surface area contributed by atoms with Crippen molar-refractivity contribution in [2.45, 2.75) is 25.4 Å². The van der Waals surface area contributed by atoms with Gasteiger partial charge in [-0.1, -0.05) is 12.1 Å². The quantitative estimate of drug-likeness (QED) is 0.537. The van der Waals surface area contributed by atoms with Gasteiger partial charge in [0.1, 0.15) is 0 Å². The summed E-state index contributed by atoms with van der Waals surface area (Å²) in [5, 5.41) is 5.90. The van der Waals surface area contributed by atoms with Crippen molar-refractivity contribution >= 4 is 17.5 Å². The molecule has 0 unspecified atom stereocenters. The van der Waals surface area contributed by atoms with Crippen molar-refractivity contribution in [3.05, 3.63) is 47.5 Å². The van der Waals surface area contributed by atoms with Crippen molar-refractivity contribution in [3.8, 4) is 17.2 Å². The first-order valence-electron chi connectivity index (χ1n) is 11.9. The predicted octanol–water partition coefficient (Wildman–Crippen LogP) is 2.36. The molecule has 2 aromatic rings. The highest BCUT2D eigenvalue weighted by molar-refractivity contribution is 5.97. The van der Waals surface area contributed by atoms with Crippen LogP contribution in [0.1, 0.15) is 28.8 Å². The molecule has 2 aliphatic rings. The van der Waals surface area contributed by atoms with Crippen LogP contribution in [0.5, 0.6) is 17.2 Å². The van der Waals surface area contributed by atoms with Crippen LogP contribution in [0, 0.1) is 0 Å². The van der Waals surface area contributed by atoms with E-state index in [4.69, 9.17) is 14.2 Å². The molecule has 35 heavy (non-hydrogen) atoms. The van der Waals surface area contributed by atoms with Crippen LogP contribution in [0.2, 0.25) is 0 Å². The topological polar surface area (TPSA) is 92.4 Å². The molecule has 2 amide bonds. The highest BCUT2D eigenvalue weighted by Crippen LogP contribution is 2.40. The Labute approximate surface area is 206 Å². The zero-order chi connectivity index (χ0) is 24.8. The fourth-order valence-corrected chi connectivity index (χ4v) is 4.27. The molecule has 2 N–H and O–H groups in total. The molecule has 9 nitrogen and oxygen atoms in total. The number of nitrogens with one attached hydrogen (secondary N) is 2. The third kappa shape index (κ3) is 6.43. The Bertz CT molecular complexity index is 1050. The van der Waals surface area contributed by atoms with Crippen LogP contribution >= 0.6 is 0 Å². The van der Waals surface area contributed by atoms with Crippen molar-refractivity contribution in [1.29, 1.82) is 0 Å². The maximum Gasteiger partial charge on any atom is 0.251 e. The second-order valence-electron chi connectivity index (χ2n) is 8.92. The van der Waals surface area contributed by atoms with E-state index in [9.17, 15) is 9.59 Å². The normalized spacial score (nSPS) is 16.4. The fraction of sp³-hybridized carbons (Fsp3) is 0.462. The fourth-order valence-electron chi connectivity index (χ4n) is 4.27. The summed E-state index contributed by atoms with van der Waals surface area (Å²) < 4.78 is 16.5. The molecule has 0 atom stereocenters. The van der Waals surface area contributed by atoms with Gasteiger partial charge in [-0.25, -0.2) is 0 Å². The number of hydrogen-bond donors (Lipinski definition) is 2. The highest BCUT2D eigenvalue weighted by atomic mass is 16.5. The van der Waals surface area contributed by atoms with Crippen LogP contribution in [0.3, 0.4) is 0 Å². The first-order chi connectivity index (χ1) is 17.0. The number of rotatable bonds is 10. The van der Waals surface area contributed by atoms with Gasteiger partial charge in [0.05, 0.1) is 27.9 Å². The Kier molecular flexibility index (Phi) is 8.09. The van der Waals surface area contributed by atoms with Gasteiger partial charge >= 0.3 is 0 Å². The van der Waals surface area contributed by atoms with Crippen molar-refractivity contribution in [2.24, 2.45) is 0 Å². The number of benzene rings is 2. The minimum atomic E-state index is -0.0918. The number of ether oxygens (including phenoxy) is 3. The Hall–Kier alpha value is -3.30. The number of methoxy groups -OCH3 is 3. The zero-order valence-electron chi connectivity index (χ0n) is 20.6. The lowest BCUT2D eigenvalue weighted by atomic mass is 10.1. The maximum atomic E-state index is 12.6. The second kappa shape index (κ2) is 11.4. The molecular formula is C26H34N4O5. The van der Waals surface area contributed by atoms with Gasteiger partial charge in [0, 0.05) is 55.6 Å². The Morgan fingerprint density at radius 2 is 1.63 bits per heavy atom. The molecule has 9 heteroatoms. The summed E-state index contributed by atoms with van der Waals surface area (Å²) in [4.78, 5) is 29.4. The smallest absolute Gasteiger partial charge is 0.251 e. The largest absolute Gasteiger partial charge is 0.493 e. The van der Waals surface area contributed by atoms with Gasteiger partial charge < -0.3 is 24.8 Å². The van der Waals surface area contributed by atoms with Gasteiger partial charge in [-0.15, -0.1) is 0 Å². The van der Waals surface area contributed by atoms with E-state index in [1.54, 1.807) is 45.6 Å². The van der Waals surface area contributed by atoms with E-state index in [0.29, 0.717) is 41.1 Å². The number of hydrogen-bond acceptors (Lipinski definition) is 7. The molecule has 188 valence electrons. The molecule has 1 heterocycles. The Balaban J connectivity index is 1.27. The second-order valence-corrected chi connectivity index (χ2v) is 8.92. The molecule has 0 radical (unpaired) electrons. The van der Waals surface area contributed by atoms with Gasteiger partial charge in [0.2, 0.25) is 11.7 Å². The number of piperazine rings is 1. The van der Waals surface area contributed by atoms with Crippen LogP contribution < -0.4 is 24.8 Å². The molecule has 4 rings (SSSR count). The minimum absolute atomic E-state index is 0.0836. The van der Waals surface area contributed by atoms with Crippen LogP contribution in [0.25, 0.3) is 0 Å². The monoisotopic (exact) mass is 482 g/mol. The third-order valence-electron chi connectivity index (χ3n) is 6.33. The zero-order valence-corrected chi connectivity index (χ0v) is 20.6. The SMILES string of the molecule is COc1ccc(CN2CCN(CC(=O)Nc3cccc(C(=O)NC4CC4)c3)CC2)c(OC)c1OC. The van der Waals surface area contributed by atoms with Crippen LogP contribution in [-0.2, 0) is 11.3 Å². The van der Waals surface area contributed by atoms with E-state index >= 15 is 0 Å². The van der Waals surface area contributed by atoms with Crippen molar-refractivity contribution in [3.63, 3.8) is 0 Å². The number of amides is 2. The maximum absolute atomic E-state index is 12.6. The van der Waals surface area contributed by atoms with Gasteiger partial charge in [-0.05, 0) is 37.1 Å². The average molecular weight is 483 g/mol.